The minimum absolute atomic E-state index is 0.0531. The fourth-order valence-corrected chi connectivity index (χ4v) is 6.13. The number of carboxylic acids is 1. The Kier molecular flexibility index (Phi) is 14.8. The molecule has 1 atom stereocenters. The number of aliphatic carboxylic acids is 1. The van der Waals surface area contributed by atoms with Gasteiger partial charge >= 0.3 is 6.18 Å². The Hall–Kier alpha value is -6.24. The first-order valence-corrected chi connectivity index (χ1v) is 18.6. The first-order valence-electron chi connectivity index (χ1n) is 18.6. The Balaban J connectivity index is 0.000000811. The second-order valence-corrected chi connectivity index (χ2v) is 13.2. The fraction of sp³-hybridized carbons (Fsp3) is 0.395. The van der Waals surface area contributed by atoms with Crippen LogP contribution in [0.4, 0.5) is 30.8 Å². The van der Waals surface area contributed by atoms with Gasteiger partial charge in [-0.2, -0.15) is 32.6 Å². The van der Waals surface area contributed by atoms with Gasteiger partial charge in [-0.1, -0.05) is 31.2 Å². The van der Waals surface area contributed by atoms with Crippen molar-refractivity contribution in [1.82, 2.24) is 29.9 Å². The summed E-state index contributed by atoms with van der Waals surface area (Å²) in [6.07, 6.45) is 1.64. The number of quaternary nitrogens is 1. The number of furan rings is 1. The highest BCUT2D eigenvalue weighted by Crippen LogP contribution is 2.26. The maximum Gasteiger partial charge on any atom is 0.430 e. The maximum atomic E-state index is 12.4. The summed E-state index contributed by atoms with van der Waals surface area (Å²) in [6.45, 7) is 7.05. The van der Waals surface area contributed by atoms with Gasteiger partial charge in [-0.05, 0) is 66.3 Å². The average molecular weight is 795 g/mol. The predicted octanol–water partition coefficient (Wildman–Crippen LogP) is 2.01. The number of aromatic nitrogens is 5. The first-order chi connectivity index (χ1) is 27.4. The van der Waals surface area contributed by atoms with E-state index in [1.165, 1.54) is 15.0 Å². The summed E-state index contributed by atoms with van der Waals surface area (Å²) in [4.78, 5) is 47.6. The number of carbonyl (C=O) groups excluding carboxylic acids is 3. The number of nitrogens with zero attached hydrogens (tertiary/aromatic N) is 5. The van der Waals surface area contributed by atoms with E-state index in [0.717, 1.165) is 67.9 Å². The van der Waals surface area contributed by atoms with Crippen molar-refractivity contribution in [1.29, 1.82) is 0 Å². The topological polar surface area (TPSA) is 219 Å². The van der Waals surface area contributed by atoms with Crippen LogP contribution in [0.25, 0.3) is 17.4 Å². The summed E-state index contributed by atoms with van der Waals surface area (Å²) in [5, 5.41) is 22.3. The molecule has 19 heteroatoms. The number of hydrogen-bond acceptors (Lipinski definition) is 12. The normalized spacial score (nSPS) is 12.7. The summed E-state index contributed by atoms with van der Waals surface area (Å²) in [5.41, 5.74) is 10.6. The molecule has 2 amide bonds. The second-order valence-electron chi connectivity index (χ2n) is 13.2. The molecule has 1 aliphatic heterocycles. The molecule has 0 radical (unpaired) electrons. The van der Waals surface area contributed by atoms with Gasteiger partial charge in [0.15, 0.2) is 5.76 Å². The van der Waals surface area contributed by atoms with Crippen LogP contribution in [0.3, 0.4) is 0 Å². The van der Waals surface area contributed by atoms with Gasteiger partial charge in [0.1, 0.15) is 11.7 Å². The maximum absolute atomic E-state index is 12.4. The van der Waals surface area contributed by atoms with Crippen LogP contribution in [-0.4, -0.2) is 87.9 Å². The number of carbonyl (C=O) groups is 3. The van der Waals surface area contributed by atoms with Crippen molar-refractivity contribution in [3.63, 3.8) is 0 Å². The van der Waals surface area contributed by atoms with E-state index in [4.69, 9.17) is 24.8 Å². The minimum Gasteiger partial charge on any atom is -0.542 e. The van der Waals surface area contributed by atoms with Crippen LogP contribution >= 0.6 is 0 Å². The van der Waals surface area contributed by atoms with Crippen LogP contribution in [0, 0.1) is 0 Å². The van der Waals surface area contributed by atoms with E-state index in [0.29, 0.717) is 62.3 Å². The van der Waals surface area contributed by atoms with Crippen molar-refractivity contribution in [2.75, 3.05) is 55.7 Å². The third-order valence-corrected chi connectivity index (χ3v) is 8.91. The number of fused-ring (bicyclic) bond motifs is 2. The van der Waals surface area contributed by atoms with Gasteiger partial charge in [-0.15, -0.1) is 5.10 Å². The Morgan fingerprint density at radius 3 is 2.53 bits per heavy atom. The third-order valence-electron chi connectivity index (χ3n) is 8.91. The van der Waals surface area contributed by atoms with Crippen molar-refractivity contribution < 1.29 is 46.7 Å². The standard InChI is InChI=1S/C36H44N10O4.C2HF3O2/c1-2-19-45(21-16-26-7-3-8-29-28(26)24-32(48)40-29)20-6-17-38-31(47)10-5-22-49-27-13-11-25(12-14-27)15-18-39-35-42-34(37)46-36(43-35)41-33(44-46)30-9-4-23-50-30;3-2(4,5)1(6)7/h3-4,7-9,11-14,23H,2,5-6,10,15-22,24H2,1H3,(H,38,47)(H,40,48)(H3,37,39,41,42,43,44);(H,6,7). The Morgan fingerprint density at radius 2 is 1.81 bits per heavy atom. The smallest absolute Gasteiger partial charge is 0.430 e. The zero-order valence-corrected chi connectivity index (χ0v) is 31.4. The first kappa shape index (κ1) is 41.9. The van der Waals surface area contributed by atoms with E-state index in [1.54, 1.807) is 18.4 Å². The van der Waals surface area contributed by atoms with Crippen molar-refractivity contribution in [2.45, 2.75) is 58.0 Å². The van der Waals surface area contributed by atoms with Crippen LogP contribution in [-0.2, 0) is 33.6 Å². The minimum atomic E-state index is -5.19. The summed E-state index contributed by atoms with van der Waals surface area (Å²) < 4.78 is 44.2. The van der Waals surface area contributed by atoms with Crippen LogP contribution in [0.5, 0.6) is 5.75 Å². The number of rotatable bonds is 19. The lowest BCUT2D eigenvalue weighted by Gasteiger charge is -2.19. The van der Waals surface area contributed by atoms with E-state index >= 15 is 0 Å². The largest absolute Gasteiger partial charge is 0.542 e. The van der Waals surface area contributed by atoms with Crippen LogP contribution in [0.1, 0.15) is 49.3 Å². The van der Waals surface area contributed by atoms with Gasteiger partial charge in [-0.25, -0.2) is 0 Å². The summed E-state index contributed by atoms with van der Waals surface area (Å²) >= 11 is 0. The van der Waals surface area contributed by atoms with Gasteiger partial charge in [0, 0.05) is 38.0 Å². The van der Waals surface area contributed by atoms with E-state index < -0.39 is 12.1 Å². The lowest BCUT2D eigenvalue weighted by Crippen LogP contribution is -3.12. The zero-order chi connectivity index (χ0) is 40.8. The number of alkyl halides is 3. The molecule has 304 valence electrons. The van der Waals surface area contributed by atoms with E-state index in [9.17, 15) is 22.8 Å². The molecule has 0 aliphatic carbocycles. The van der Waals surface area contributed by atoms with Crippen molar-refractivity contribution in [3.8, 4) is 17.3 Å². The Morgan fingerprint density at radius 1 is 1.02 bits per heavy atom. The number of carboxylic acid groups (broad SMARTS) is 1. The Bertz CT molecular complexity index is 2090. The molecule has 0 spiro atoms. The molecule has 0 saturated heterocycles. The van der Waals surface area contributed by atoms with Crippen LogP contribution in [0.2, 0.25) is 0 Å². The molecule has 0 bridgehead atoms. The molecule has 3 aromatic heterocycles. The number of nitrogen functional groups attached to an aromatic ring is 1. The molecule has 0 fully saturated rings. The number of benzene rings is 2. The van der Waals surface area contributed by atoms with Crippen LogP contribution < -0.4 is 36.4 Å². The van der Waals surface area contributed by atoms with Crippen molar-refractivity contribution >= 4 is 41.1 Å². The second kappa shape index (κ2) is 20.1. The van der Waals surface area contributed by atoms with Gasteiger partial charge in [0.05, 0.1) is 38.9 Å². The number of amides is 2. The lowest BCUT2D eigenvalue weighted by atomic mass is 10.0. The highest BCUT2D eigenvalue weighted by atomic mass is 19.4. The molecule has 6 rings (SSSR count). The number of hydrogen-bond donors (Lipinski definition) is 5. The van der Waals surface area contributed by atoms with Crippen LogP contribution in [0.15, 0.2) is 65.3 Å². The molecular formula is C38H45F3N10O6. The predicted molar refractivity (Wildman–Crippen MR) is 201 cm³/mol. The number of anilines is 3. The third kappa shape index (κ3) is 12.6. The van der Waals surface area contributed by atoms with E-state index in [2.05, 4.69) is 49.0 Å². The monoisotopic (exact) mass is 794 g/mol. The molecular weight excluding hydrogens is 749 g/mol. The lowest BCUT2D eigenvalue weighted by molar-refractivity contribution is -0.900. The molecule has 16 nitrogen and oxygen atoms in total. The van der Waals surface area contributed by atoms with E-state index in [1.807, 2.05) is 36.4 Å². The zero-order valence-electron chi connectivity index (χ0n) is 31.4. The number of ether oxygens (including phenoxy) is 1. The van der Waals surface area contributed by atoms with Gasteiger partial charge in [0.25, 0.3) is 5.78 Å². The molecule has 57 heavy (non-hydrogen) atoms. The Labute approximate surface area is 326 Å². The molecule has 5 aromatic rings. The van der Waals surface area contributed by atoms with E-state index in [-0.39, 0.29) is 17.8 Å². The molecule has 0 saturated carbocycles. The average Bonchev–Trinajstić information content (AvgIpc) is 3.95. The molecule has 2 aromatic carbocycles. The van der Waals surface area contributed by atoms with Crippen molar-refractivity contribution in [2.24, 2.45) is 0 Å². The molecule has 4 heterocycles. The summed E-state index contributed by atoms with van der Waals surface area (Å²) in [7, 11) is 0. The number of halogens is 3. The summed E-state index contributed by atoms with van der Waals surface area (Å²) in [6, 6.07) is 17.6. The van der Waals surface area contributed by atoms with Gasteiger partial charge in [-0.3, -0.25) is 9.59 Å². The summed E-state index contributed by atoms with van der Waals surface area (Å²) in [5.74, 6) is -0.319. The fourth-order valence-electron chi connectivity index (χ4n) is 6.13. The van der Waals surface area contributed by atoms with Gasteiger partial charge in [0.2, 0.25) is 29.5 Å². The molecule has 1 unspecified atom stereocenters. The quantitative estimate of drug-likeness (QED) is 0.0759. The van der Waals surface area contributed by atoms with Gasteiger partial charge < -0.3 is 45.6 Å². The highest BCUT2D eigenvalue weighted by molar-refractivity contribution is 5.99. The SMILES string of the molecule is CCC[NH+](CCCNC(=O)CCCOc1ccc(CCNc2nc(N)n3nc(-c4ccco4)nc3n2)cc1)CCc1cccc2c1CC(=O)N2.O=C([O-])C(F)(F)F. The van der Waals surface area contributed by atoms with Crippen molar-refractivity contribution in [3.05, 3.63) is 77.6 Å². The molecule has 1 aliphatic rings. The number of nitrogens with two attached hydrogens (primary N) is 1. The number of nitrogens with one attached hydrogen (secondary N) is 4. The highest BCUT2D eigenvalue weighted by Gasteiger charge is 2.29. The molecule has 6 N–H and O–H groups in total.